The van der Waals surface area contributed by atoms with E-state index in [-0.39, 0.29) is 0 Å². The Labute approximate surface area is 122 Å². The number of nitrogen functional groups attached to an aromatic ring is 1. The van der Waals surface area contributed by atoms with E-state index in [1.165, 1.54) is 17.5 Å². The lowest BCUT2D eigenvalue weighted by molar-refractivity contribution is 0.588. The summed E-state index contributed by atoms with van der Waals surface area (Å²) < 4.78 is 12.6. The van der Waals surface area contributed by atoms with Crippen molar-refractivity contribution in [3.05, 3.63) is 59.7 Å². The second-order valence-corrected chi connectivity index (χ2v) is 6.80. The molecule has 0 spiro atoms. The highest BCUT2D eigenvalue weighted by atomic mass is 32.2. The third-order valence-corrected chi connectivity index (χ3v) is 5.58. The maximum Gasteiger partial charge on any atom is 0.0617 e. The van der Waals surface area contributed by atoms with Crippen molar-refractivity contribution in [3.63, 3.8) is 0 Å². The average molecular weight is 285 g/mol. The fourth-order valence-corrected chi connectivity index (χ4v) is 4.44. The standard InChI is InChI=1S/C17H19NOS/c18-16-10-3-4-11-17(16)20(19)12-14-8-5-7-13-6-1-2-9-15(13)14/h1-4,6,9-11,14H,5,7-8,12,18H2. The number of benzene rings is 2. The van der Waals surface area contributed by atoms with Crippen LogP contribution in [0.1, 0.15) is 29.9 Å². The number of rotatable bonds is 3. The topological polar surface area (TPSA) is 43.1 Å². The molecule has 0 aliphatic heterocycles. The number of para-hydroxylation sites is 1. The van der Waals surface area contributed by atoms with E-state index in [4.69, 9.17) is 5.73 Å². The Morgan fingerprint density at radius 2 is 1.85 bits per heavy atom. The lowest BCUT2D eigenvalue weighted by atomic mass is 9.84. The molecule has 0 saturated carbocycles. The summed E-state index contributed by atoms with van der Waals surface area (Å²) in [5.74, 6) is 1.06. The zero-order valence-corrected chi connectivity index (χ0v) is 12.2. The number of anilines is 1. The third kappa shape index (κ3) is 2.63. The third-order valence-electron chi connectivity index (χ3n) is 4.01. The second kappa shape index (κ2) is 5.80. The van der Waals surface area contributed by atoms with Crippen LogP contribution < -0.4 is 5.73 Å². The second-order valence-electron chi connectivity index (χ2n) is 5.34. The van der Waals surface area contributed by atoms with Gasteiger partial charge in [0.05, 0.1) is 15.7 Å². The number of aryl methyl sites for hydroxylation is 1. The minimum absolute atomic E-state index is 0.389. The summed E-state index contributed by atoms with van der Waals surface area (Å²) in [7, 11) is -1.02. The SMILES string of the molecule is Nc1ccccc1S(=O)CC1CCCc2ccccc21. The number of hydrogen-bond acceptors (Lipinski definition) is 2. The van der Waals surface area contributed by atoms with Crippen molar-refractivity contribution in [1.82, 2.24) is 0 Å². The molecule has 0 aromatic heterocycles. The lowest BCUT2D eigenvalue weighted by Crippen LogP contribution is -2.16. The van der Waals surface area contributed by atoms with Crippen molar-refractivity contribution in [2.75, 3.05) is 11.5 Å². The highest BCUT2D eigenvalue weighted by Crippen LogP contribution is 2.33. The zero-order chi connectivity index (χ0) is 13.9. The Bertz CT molecular complexity index is 638. The number of fused-ring (bicyclic) bond motifs is 1. The molecule has 0 heterocycles. The minimum atomic E-state index is -1.02. The molecule has 2 nitrogen and oxygen atoms in total. The summed E-state index contributed by atoms with van der Waals surface area (Å²) in [5.41, 5.74) is 9.36. The summed E-state index contributed by atoms with van der Waals surface area (Å²) in [6.07, 6.45) is 3.45. The molecule has 0 bridgehead atoms. The Morgan fingerprint density at radius 1 is 1.10 bits per heavy atom. The Balaban J connectivity index is 1.83. The van der Waals surface area contributed by atoms with Crippen LogP contribution in [0.25, 0.3) is 0 Å². The first-order valence-electron chi connectivity index (χ1n) is 7.06. The molecular formula is C17H19NOS. The fraction of sp³-hybridized carbons (Fsp3) is 0.294. The van der Waals surface area contributed by atoms with Gasteiger partial charge in [0.2, 0.25) is 0 Å². The van der Waals surface area contributed by atoms with Gasteiger partial charge in [0, 0.05) is 11.4 Å². The van der Waals surface area contributed by atoms with Gasteiger partial charge in [-0.1, -0.05) is 36.4 Å². The normalized spacial score (nSPS) is 19.3. The molecule has 2 aromatic rings. The first-order valence-corrected chi connectivity index (χ1v) is 8.38. The van der Waals surface area contributed by atoms with E-state index < -0.39 is 10.8 Å². The molecule has 1 aliphatic carbocycles. The van der Waals surface area contributed by atoms with E-state index in [1.54, 1.807) is 0 Å². The van der Waals surface area contributed by atoms with Gasteiger partial charge in [-0.3, -0.25) is 4.21 Å². The predicted octanol–water partition coefficient (Wildman–Crippen LogP) is 3.50. The van der Waals surface area contributed by atoms with Gasteiger partial charge in [0.1, 0.15) is 0 Å². The van der Waals surface area contributed by atoms with Crippen LogP contribution in [0.4, 0.5) is 5.69 Å². The van der Waals surface area contributed by atoms with Crippen LogP contribution in [-0.4, -0.2) is 9.96 Å². The van der Waals surface area contributed by atoms with Crippen molar-refractivity contribution in [2.45, 2.75) is 30.1 Å². The van der Waals surface area contributed by atoms with Gasteiger partial charge >= 0.3 is 0 Å². The van der Waals surface area contributed by atoms with Crippen molar-refractivity contribution >= 4 is 16.5 Å². The van der Waals surface area contributed by atoms with E-state index in [9.17, 15) is 4.21 Å². The highest BCUT2D eigenvalue weighted by molar-refractivity contribution is 7.85. The fourth-order valence-electron chi connectivity index (χ4n) is 2.99. The highest BCUT2D eigenvalue weighted by Gasteiger charge is 2.22. The van der Waals surface area contributed by atoms with Crippen molar-refractivity contribution in [3.8, 4) is 0 Å². The molecular weight excluding hydrogens is 266 g/mol. The maximum absolute atomic E-state index is 12.6. The molecule has 2 aromatic carbocycles. The maximum atomic E-state index is 12.6. The summed E-state index contributed by atoms with van der Waals surface area (Å²) in [5, 5.41) is 0. The zero-order valence-electron chi connectivity index (χ0n) is 11.4. The van der Waals surface area contributed by atoms with Crippen molar-refractivity contribution < 1.29 is 4.21 Å². The summed E-state index contributed by atoms with van der Waals surface area (Å²) in [4.78, 5) is 0.774. The van der Waals surface area contributed by atoms with Crippen molar-refractivity contribution in [2.24, 2.45) is 0 Å². The smallest absolute Gasteiger partial charge is 0.0617 e. The monoisotopic (exact) mass is 285 g/mol. The molecule has 3 heteroatoms. The van der Waals surface area contributed by atoms with Gasteiger partial charge in [-0.2, -0.15) is 0 Å². The van der Waals surface area contributed by atoms with Crippen LogP contribution in [0.3, 0.4) is 0 Å². The average Bonchev–Trinajstić information content (AvgIpc) is 2.48. The van der Waals surface area contributed by atoms with E-state index in [0.29, 0.717) is 17.4 Å². The lowest BCUT2D eigenvalue weighted by Gasteiger charge is -2.25. The molecule has 2 unspecified atom stereocenters. The van der Waals surface area contributed by atoms with Crippen LogP contribution in [-0.2, 0) is 17.2 Å². The van der Waals surface area contributed by atoms with E-state index in [2.05, 4.69) is 24.3 Å². The molecule has 2 atom stereocenters. The van der Waals surface area contributed by atoms with Crippen LogP contribution in [0, 0.1) is 0 Å². The van der Waals surface area contributed by atoms with E-state index >= 15 is 0 Å². The van der Waals surface area contributed by atoms with Gasteiger partial charge < -0.3 is 5.73 Å². The first-order chi connectivity index (χ1) is 9.75. The largest absolute Gasteiger partial charge is 0.398 e. The van der Waals surface area contributed by atoms with Gasteiger partial charge in [-0.05, 0) is 48.4 Å². The van der Waals surface area contributed by atoms with Gasteiger partial charge in [0.25, 0.3) is 0 Å². The summed E-state index contributed by atoms with van der Waals surface area (Å²) in [6.45, 7) is 0. The van der Waals surface area contributed by atoms with Crippen LogP contribution in [0.15, 0.2) is 53.4 Å². The quantitative estimate of drug-likeness (QED) is 0.877. The molecule has 0 radical (unpaired) electrons. The van der Waals surface area contributed by atoms with Gasteiger partial charge in [-0.25, -0.2) is 0 Å². The Hall–Kier alpha value is -1.61. The van der Waals surface area contributed by atoms with Crippen LogP contribution >= 0.6 is 0 Å². The molecule has 1 aliphatic rings. The molecule has 0 saturated heterocycles. The van der Waals surface area contributed by atoms with Gasteiger partial charge in [-0.15, -0.1) is 0 Å². The van der Waals surface area contributed by atoms with Crippen LogP contribution in [0.5, 0.6) is 0 Å². The minimum Gasteiger partial charge on any atom is -0.398 e. The molecule has 3 rings (SSSR count). The molecule has 0 amide bonds. The van der Waals surface area contributed by atoms with E-state index in [0.717, 1.165) is 17.7 Å². The summed E-state index contributed by atoms with van der Waals surface area (Å²) >= 11 is 0. The number of nitrogens with two attached hydrogens (primary N) is 1. The Morgan fingerprint density at radius 3 is 2.70 bits per heavy atom. The van der Waals surface area contributed by atoms with E-state index in [1.807, 2.05) is 24.3 Å². The first kappa shape index (κ1) is 13.4. The predicted molar refractivity (Wildman–Crippen MR) is 84.3 cm³/mol. The van der Waals surface area contributed by atoms with Crippen molar-refractivity contribution in [1.29, 1.82) is 0 Å². The Kier molecular flexibility index (Phi) is 3.88. The molecule has 104 valence electrons. The number of hydrogen-bond donors (Lipinski definition) is 1. The molecule has 20 heavy (non-hydrogen) atoms. The van der Waals surface area contributed by atoms with Gasteiger partial charge in [0.15, 0.2) is 0 Å². The molecule has 2 N–H and O–H groups in total. The molecule has 0 fully saturated rings. The summed E-state index contributed by atoms with van der Waals surface area (Å²) in [6, 6.07) is 16.0. The van der Waals surface area contributed by atoms with Crippen LogP contribution in [0.2, 0.25) is 0 Å².